The van der Waals surface area contributed by atoms with E-state index in [4.69, 9.17) is 11.1 Å². The number of pyridine rings is 1. The normalized spacial score (nSPS) is 9.30. The van der Waals surface area contributed by atoms with Crippen LogP contribution in [0.2, 0.25) is 0 Å². The largest absolute Gasteiger partial charge is 0.399 e. The number of hydrogen-bond donors (Lipinski definition) is 3. The second-order valence-electron chi connectivity index (χ2n) is 1.94. The maximum absolute atomic E-state index is 7.33. The van der Waals surface area contributed by atoms with Crippen molar-refractivity contribution in [2.75, 3.05) is 18.2 Å². The van der Waals surface area contributed by atoms with Crippen LogP contribution in [-0.4, -0.2) is 11.7 Å². The Morgan fingerprint density at radius 3 is 2.90 bits per heavy atom. The third kappa shape index (κ3) is 1.10. The molecule has 0 aliphatic carbocycles. The highest BCUT2D eigenvalue weighted by molar-refractivity contribution is 5.33. The molecular formula is C6H10N4. The Bertz CT molecular complexity index is 275. The van der Waals surface area contributed by atoms with Crippen molar-refractivity contribution in [1.29, 1.82) is 5.41 Å². The van der Waals surface area contributed by atoms with Crippen LogP contribution in [0.4, 0.5) is 5.69 Å². The van der Waals surface area contributed by atoms with Gasteiger partial charge < -0.3 is 11.2 Å². The lowest BCUT2D eigenvalue weighted by molar-refractivity contribution is 0.831. The van der Waals surface area contributed by atoms with E-state index in [1.807, 2.05) is 0 Å². The number of nitrogens with two attached hydrogens (primary N) is 1. The molecule has 0 radical (unpaired) electrons. The van der Waals surface area contributed by atoms with Crippen molar-refractivity contribution < 1.29 is 0 Å². The average molecular weight is 138 g/mol. The van der Waals surface area contributed by atoms with Gasteiger partial charge in [-0.1, -0.05) is 0 Å². The zero-order chi connectivity index (χ0) is 7.56. The van der Waals surface area contributed by atoms with Gasteiger partial charge in [0.2, 0.25) is 0 Å². The van der Waals surface area contributed by atoms with Crippen LogP contribution in [0.5, 0.6) is 0 Å². The van der Waals surface area contributed by atoms with Crippen molar-refractivity contribution in [1.82, 2.24) is 4.68 Å². The van der Waals surface area contributed by atoms with Crippen LogP contribution in [0.15, 0.2) is 18.3 Å². The topological polar surface area (TPSA) is 66.8 Å². The van der Waals surface area contributed by atoms with Crippen LogP contribution in [0.1, 0.15) is 0 Å². The van der Waals surface area contributed by atoms with Crippen LogP contribution < -0.4 is 16.6 Å². The summed E-state index contributed by atoms with van der Waals surface area (Å²) in [4.78, 5) is 0. The van der Waals surface area contributed by atoms with E-state index >= 15 is 0 Å². The van der Waals surface area contributed by atoms with Crippen LogP contribution in [0.3, 0.4) is 0 Å². The highest BCUT2D eigenvalue weighted by Crippen LogP contribution is 1.91. The molecule has 54 valence electrons. The summed E-state index contributed by atoms with van der Waals surface area (Å²) in [6.45, 7) is 0. The van der Waals surface area contributed by atoms with Gasteiger partial charge in [0.05, 0.1) is 0 Å². The fraction of sp³-hybridized carbons (Fsp3) is 0.167. The predicted octanol–water partition coefficient (Wildman–Crippen LogP) is -0.277. The maximum atomic E-state index is 7.33. The average Bonchev–Trinajstić information content (AvgIpc) is 1.88. The molecule has 1 aromatic rings. The maximum Gasteiger partial charge on any atom is 0.145 e. The first kappa shape index (κ1) is 6.67. The summed E-state index contributed by atoms with van der Waals surface area (Å²) >= 11 is 0. The Kier molecular flexibility index (Phi) is 1.62. The summed E-state index contributed by atoms with van der Waals surface area (Å²) in [7, 11) is 1.74. The third-order valence-corrected chi connectivity index (χ3v) is 1.22. The first-order valence-electron chi connectivity index (χ1n) is 2.94. The minimum atomic E-state index is 0.350. The van der Waals surface area contributed by atoms with Crippen molar-refractivity contribution in [2.24, 2.45) is 0 Å². The van der Waals surface area contributed by atoms with Gasteiger partial charge in [-0.25, -0.2) is 0 Å². The molecule has 0 aromatic carbocycles. The van der Waals surface area contributed by atoms with Gasteiger partial charge >= 0.3 is 0 Å². The number of aromatic nitrogens is 1. The first-order chi connectivity index (χ1) is 4.74. The SMILES string of the molecule is CNn1ccc(N)cc1=N. The molecule has 0 saturated heterocycles. The lowest BCUT2D eigenvalue weighted by atomic mass is 10.4. The second-order valence-corrected chi connectivity index (χ2v) is 1.94. The smallest absolute Gasteiger partial charge is 0.145 e. The van der Waals surface area contributed by atoms with E-state index in [1.165, 1.54) is 0 Å². The minimum absolute atomic E-state index is 0.350. The van der Waals surface area contributed by atoms with Crippen LogP contribution in [0, 0.1) is 5.41 Å². The Morgan fingerprint density at radius 2 is 2.40 bits per heavy atom. The summed E-state index contributed by atoms with van der Waals surface area (Å²) in [5, 5.41) is 7.33. The first-order valence-corrected chi connectivity index (χ1v) is 2.94. The fourth-order valence-electron chi connectivity index (χ4n) is 0.711. The van der Waals surface area contributed by atoms with E-state index in [1.54, 1.807) is 30.1 Å². The van der Waals surface area contributed by atoms with E-state index in [0.29, 0.717) is 11.2 Å². The lowest BCUT2D eigenvalue weighted by Crippen LogP contribution is -2.25. The van der Waals surface area contributed by atoms with Gasteiger partial charge in [0.1, 0.15) is 5.49 Å². The molecule has 0 fully saturated rings. The number of anilines is 1. The van der Waals surface area contributed by atoms with Crippen molar-refractivity contribution in [3.63, 3.8) is 0 Å². The highest BCUT2D eigenvalue weighted by atomic mass is 15.4. The molecular weight excluding hydrogens is 128 g/mol. The van der Waals surface area contributed by atoms with E-state index in [0.717, 1.165) is 0 Å². The van der Waals surface area contributed by atoms with Crippen LogP contribution >= 0.6 is 0 Å². The minimum Gasteiger partial charge on any atom is -0.399 e. The molecule has 1 aromatic heterocycles. The van der Waals surface area contributed by atoms with E-state index in [-0.39, 0.29) is 0 Å². The molecule has 10 heavy (non-hydrogen) atoms. The zero-order valence-corrected chi connectivity index (χ0v) is 5.76. The molecule has 0 bridgehead atoms. The zero-order valence-electron chi connectivity index (χ0n) is 5.76. The number of rotatable bonds is 1. The molecule has 0 atom stereocenters. The lowest BCUT2D eigenvalue weighted by Gasteiger charge is -2.03. The van der Waals surface area contributed by atoms with Crippen molar-refractivity contribution in [2.45, 2.75) is 0 Å². The van der Waals surface area contributed by atoms with Gasteiger partial charge in [0.25, 0.3) is 0 Å². The van der Waals surface area contributed by atoms with Crippen molar-refractivity contribution in [3.8, 4) is 0 Å². The molecule has 0 spiro atoms. The summed E-state index contributed by atoms with van der Waals surface area (Å²) < 4.78 is 1.57. The second kappa shape index (κ2) is 2.43. The van der Waals surface area contributed by atoms with Gasteiger partial charge in [0, 0.05) is 25.0 Å². The molecule has 4 N–H and O–H groups in total. The van der Waals surface area contributed by atoms with Gasteiger partial charge in [-0.2, -0.15) is 0 Å². The van der Waals surface area contributed by atoms with Crippen molar-refractivity contribution in [3.05, 3.63) is 23.8 Å². The summed E-state index contributed by atoms with van der Waals surface area (Å²) in [6.07, 6.45) is 1.71. The Morgan fingerprint density at radius 1 is 1.70 bits per heavy atom. The highest BCUT2D eigenvalue weighted by Gasteiger charge is 1.86. The number of nitrogen functional groups attached to an aromatic ring is 1. The third-order valence-electron chi connectivity index (χ3n) is 1.22. The molecule has 0 aliphatic heterocycles. The van der Waals surface area contributed by atoms with Crippen molar-refractivity contribution >= 4 is 5.69 Å². The van der Waals surface area contributed by atoms with E-state index in [2.05, 4.69) is 5.43 Å². The Hall–Kier alpha value is -1.45. The Balaban J connectivity index is 3.20. The molecule has 0 aliphatic rings. The standard InChI is InChI=1S/C6H10N4/c1-9-10-3-2-5(7)4-6(10)8/h2-4,8-9H,7H2,1H3. The van der Waals surface area contributed by atoms with Crippen LogP contribution in [-0.2, 0) is 0 Å². The monoisotopic (exact) mass is 138 g/mol. The number of hydrogen-bond acceptors (Lipinski definition) is 3. The molecule has 1 heterocycles. The quantitative estimate of drug-likeness (QED) is 0.499. The predicted molar refractivity (Wildman–Crippen MR) is 40.0 cm³/mol. The summed E-state index contributed by atoms with van der Waals surface area (Å²) in [6, 6.07) is 3.31. The summed E-state index contributed by atoms with van der Waals surface area (Å²) in [5.74, 6) is 0. The molecule has 0 saturated carbocycles. The molecule has 1 rings (SSSR count). The Labute approximate surface area is 58.8 Å². The van der Waals surface area contributed by atoms with Crippen LogP contribution in [0.25, 0.3) is 0 Å². The molecule has 4 nitrogen and oxygen atoms in total. The van der Waals surface area contributed by atoms with Gasteiger partial charge in [-0.3, -0.25) is 10.1 Å². The number of nitrogens with zero attached hydrogens (tertiary/aromatic N) is 1. The molecule has 0 unspecified atom stereocenters. The van der Waals surface area contributed by atoms with Gasteiger partial charge in [0.15, 0.2) is 0 Å². The van der Waals surface area contributed by atoms with E-state index in [9.17, 15) is 0 Å². The van der Waals surface area contributed by atoms with E-state index < -0.39 is 0 Å². The van der Waals surface area contributed by atoms with Gasteiger partial charge in [-0.15, -0.1) is 0 Å². The van der Waals surface area contributed by atoms with Gasteiger partial charge in [-0.05, 0) is 6.07 Å². The summed E-state index contributed by atoms with van der Waals surface area (Å²) in [5.41, 5.74) is 9.17. The molecule has 0 amide bonds. The fourth-order valence-corrected chi connectivity index (χ4v) is 0.711. The number of nitrogens with one attached hydrogen (secondary N) is 2. The molecule has 4 heteroatoms.